The minimum Gasteiger partial charge on any atom is -0.372 e. The molecule has 0 radical (unpaired) electrons. The molecule has 0 aromatic heterocycles. The van der Waals surface area contributed by atoms with Crippen LogP contribution in [0.3, 0.4) is 0 Å². The fraction of sp³-hybridized carbons (Fsp3) is 0.455. The maximum Gasteiger partial charge on any atom is 0.411 e. The highest BCUT2D eigenvalue weighted by Gasteiger charge is 2.27. The monoisotopic (exact) mass is 300 g/mol. The summed E-state index contributed by atoms with van der Waals surface area (Å²) in [5.41, 5.74) is 0. The van der Waals surface area contributed by atoms with E-state index >= 15 is 0 Å². The van der Waals surface area contributed by atoms with E-state index in [1.807, 2.05) is 0 Å². The van der Waals surface area contributed by atoms with Gasteiger partial charge in [-0.25, -0.2) is 12.8 Å². The Morgan fingerprint density at radius 3 is 2.21 bits per heavy atom. The summed E-state index contributed by atoms with van der Waals surface area (Å²) in [6.45, 7) is -1.70. The van der Waals surface area contributed by atoms with Crippen molar-refractivity contribution in [3.05, 3.63) is 30.1 Å². The molecule has 0 N–H and O–H groups in total. The first-order chi connectivity index (χ1) is 8.71. The molecule has 0 saturated carbocycles. The van der Waals surface area contributed by atoms with Gasteiger partial charge < -0.3 is 4.74 Å². The fourth-order valence-electron chi connectivity index (χ4n) is 1.30. The summed E-state index contributed by atoms with van der Waals surface area (Å²) in [5, 5.41) is 0. The van der Waals surface area contributed by atoms with Crippen molar-refractivity contribution in [3.63, 3.8) is 0 Å². The first kappa shape index (κ1) is 15.9. The van der Waals surface area contributed by atoms with E-state index in [9.17, 15) is 26.0 Å². The third kappa shape index (κ3) is 6.02. The van der Waals surface area contributed by atoms with Gasteiger partial charge in [0, 0.05) is 6.61 Å². The van der Waals surface area contributed by atoms with Gasteiger partial charge in [-0.05, 0) is 30.7 Å². The number of sulfone groups is 1. The maximum atomic E-state index is 12.6. The smallest absolute Gasteiger partial charge is 0.372 e. The Balaban J connectivity index is 2.42. The van der Waals surface area contributed by atoms with E-state index < -0.39 is 28.4 Å². The van der Waals surface area contributed by atoms with E-state index in [-0.39, 0.29) is 23.7 Å². The van der Waals surface area contributed by atoms with E-state index in [0.29, 0.717) is 0 Å². The molecule has 0 aliphatic heterocycles. The fourth-order valence-corrected chi connectivity index (χ4v) is 2.58. The van der Waals surface area contributed by atoms with Crippen LogP contribution in [0.1, 0.15) is 6.42 Å². The van der Waals surface area contributed by atoms with Crippen LogP contribution in [-0.2, 0) is 14.6 Å². The Hall–Kier alpha value is -1.15. The molecule has 3 nitrogen and oxygen atoms in total. The molecule has 1 aromatic rings. The van der Waals surface area contributed by atoms with Gasteiger partial charge in [-0.1, -0.05) is 0 Å². The zero-order valence-corrected chi connectivity index (χ0v) is 10.6. The predicted molar refractivity (Wildman–Crippen MR) is 59.9 cm³/mol. The zero-order valence-electron chi connectivity index (χ0n) is 9.78. The van der Waals surface area contributed by atoms with Crippen molar-refractivity contribution >= 4 is 9.84 Å². The summed E-state index contributed by atoms with van der Waals surface area (Å²) >= 11 is 0. The molecule has 8 heteroatoms. The van der Waals surface area contributed by atoms with E-state index in [1.54, 1.807) is 0 Å². The van der Waals surface area contributed by atoms with Crippen LogP contribution in [0.2, 0.25) is 0 Å². The molecule has 0 heterocycles. The molecule has 0 bridgehead atoms. The second-order valence-electron chi connectivity index (χ2n) is 3.79. The summed E-state index contributed by atoms with van der Waals surface area (Å²) in [6, 6.07) is 4.24. The number of benzene rings is 1. The van der Waals surface area contributed by atoms with Gasteiger partial charge in [0.05, 0.1) is 10.6 Å². The Kier molecular flexibility index (Phi) is 5.30. The van der Waals surface area contributed by atoms with Crippen molar-refractivity contribution in [1.29, 1.82) is 0 Å². The molecule has 19 heavy (non-hydrogen) atoms. The van der Waals surface area contributed by atoms with Crippen LogP contribution in [-0.4, -0.2) is 33.6 Å². The Morgan fingerprint density at radius 2 is 1.68 bits per heavy atom. The summed E-state index contributed by atoms with van der Waals surface area (Å²) in [6.07, 6.45) is -4.48. The zero-order chi connectivity index (χ0) is 14.5. The first-order valence-corrected chi connectivity index (χ1v) is 6.99. The average Bonchev–Trinajstić information content (AvgIpc) is 2.27. The van der Waals surface area contributed by atoms with Gasteiger partial charge in [0.1, 0.15) is 12.4 Å². The number of hydrogen-bond donors (Lipinski definition) is 0. The van der Waals surface area contributed by atoms with Crippen molar-refractivity contribution in [2.24, 2.45) is 0 Å². The SMILES string of the molecule is O=S(=O)(CCCOCC(F)(F)F)c1ccc(F)cc1. The predicted octanol–water partition coefficient (Wildman–Crippen LogP) is 2.57. The van der Waals surface area contributed by atoms with Crippen molar-refractivity contribution in [2.75, 3.05) is 19.0 Å². The molecule has 108 valence electrons. The van der Waals surface area contributed by atoms with E-state index in [1.165, 1.54) is 0 Å². The molecule has 1 rings (SSSR count). The molecule has 0 spiro atoms. The molecule has 0 amide bonds. The van der Waals surface area contributed by atoms with Crippen LogP contribution < -0.4 is 0 Å². The van der Waals surface area contributed by atoms with Crippen LogP contribution in [0.4, 0.5) is 17.6 Å². The van der Waals surface area contributed by atoms with Gasteiger partial charge in [-0.15, -0.1) is 0 Å². The van der Waals surface area contributed by atoms with Crippen LogP contribution in [0.5, 0.6) is 0 Å². The lowest BCUT2D eigenvalue weighted by molar-refractivity contribution is -0.173. The van der Waals surface area contributed by atoms with Crippen molar-refractivity contribution in [3.8, 4) is 0 Å². The van der Waals surface area contributed by atoms with Gasteiger partial charge in [-0.3, -0.25) is 0 Å². The van der Waals surface area contributed by atoms with Crippen LogP contribution in [0.25, 0.3) is 0 Å². The van der Waals surface area contributed by atoms with Gasteiger partial charge in [0.2, 0.25) is 0 Å². The molecule has 0 saturated heterocycles. The number of rotatable bonds is 6. The third-order valence-corrected chi connectivity index (χ3v) is 3.96. The van der Waals surface area contributed by atoms with E-state index in [2.05, 4.69) is 4.74 Å². The summed E-state index contributed by atoms with van der Waals surface area (Å²) in [5.74, 6) is -0.913. The first-order valence-electron chi connectivity index (χ1n) is 5.33. The van der Waals surface area contributed by atoms with Gasteiger partial charge in [-0.2, -0.15) is 13.2 Å². The number of hydrogen-bond acceptors (Lipinski definition) is 3. The lowest BCUT2D eigenvalue weighted by Gasteiger charge is -2.08. The number of ether oxygens (including phenoxy) is 1. The number of alkyl halides is 3. The van der Waals surface area contributed by atoms with E-state index in [0.717, 1.165) is 24.3 Å². The molecule has 0 fully saturated rings. The quantitative estimate of drug-likeness (QED) is 0.461. The molecule has 0 atom stereocenters. The van der Waals surface area contributed by atoms with Crippen molar-refractivity contribution in [1.82, 2.24) is 0 Å². The summed E-state index contributed by atoms with van der Waals surface area (Å²) in [4.78, 5) is -0.0651. The van der Waals surface area contributed by atoms with Crippen LogP contribution >= 0.6 is 0 Å². The van der Waals surface area contributed by atoms with Gasteiger partial charge >= 0.3 is 6.18 Å². The second kappa shape index (κ2) is 6.33. The van der Waals surface area contributed by atoms with E-state index in [4.69, 9.17) is 0 Å². The Labute approximate surface area is 108 Å². The van der Waals surface area contributed by atoms with Crippen LogP contribution in [0, 0.1) is 5.82 Å². The minimum atomic E-state index is -4.42. The van der Waals surface area contributed by atoms with Crippen molar-refractivity contribution < 1.29 is 30.7 Å². The topological polar surface area (TPSA) is 43.4 Å². The maximum absolute atomic E-state index is 12.6. The highest BCUT2D eigenvalue weighted by atomic mass is 32.2. The van der Waals surface area contributed by atoms with Crippen molar-refractivity contribution in [2.45, 2.75) is 17.5 Å². The highest BCUT2D eigenvalue weighted by Crippen LogP contribution is 2.15. The number of halogens is 4. The normalized spacial score (nSPS) is 12.6. The largest absolute Gasteiger partial charge is 0.411 e. The molecule has 1 aromatic carbocycles. The summed E-state index contributed by atoms with van der Waals surface area (Å²) < 4.78 is 75.5. The standard InChI is InChI=1S/C11H12F4O3S/c12-9-2-4-10(5-3-9)19(16,17)7-1-6-18-8-11(13,14)15/h2-5H,1,6-8H2. The molecule has 0 aliphatic carbocycles. The molecule has 0 unspecified atom stereocenters. The average molecular weight is 300 g/mol. The Bertz CT molecular complexity index is 494. The Morgan fingerprint density at radius 1 is 1.11 bits per heavy atom. The minimum absolute atomic E-state index is 0.0597. The second-order valence-corrected chi connectivity index (χ2v) is 5.90. The lowest BCUT2D eigenvalue weighted by atomic mass is 10.4. The summed E-state index contributed by atoms with van der Waals surface area (Å²) in [7, 11) is -3.62. The lowest BCUT2D eigenvalue weighted by Crippen LogP contribution is -2.18. The van der Waals surface area contributed by atoms with Crippen LogP contribution in [0.15, 0.2) is 29.2 Å². The molecule has 0 aliphatic rings. The molecular formula is C11H12F4O3S. The molecular weight excluding hydrogens is 288 g/mol. The van der Waals surface area contributed by atoms with Gasteiger partial charge in [0.25, 0.3) is 0 Å². The van der Waals surface area contributed by atoms with Gasteiger partial charge in [0.15, 0.2) is 9.84 Å². The third-order valence-electron chi connectivity index (χ3n) is 2.14. The highest BCUT2D eigenvalue weighted by molar-refractivity contribution is 7.91.